The summed E-state index contributed by atoms with van der Waals surface area (Å²) in [6.45, 7) is 3.02. The van der Waals surface area contributed by atoms with E-state index in [1.54, 1.807) is 0 Å². The van der Waals surface area contributed by atoms with Gasteiger partial charge in [-0.25, -0.2) is 4.98 Å². The summed E-state index contributed by atoms with van der Waals surface area (Å²) in [6, 6.07) is 6.20. The number of ether oxygens (including phenoxy) is 1. The molecule has 0 aliphatic carbocycles. The topological polar surface area (TPSA) is 26.5 Å². The lowest BCUT2D eigenvalue weighted by Crippen LogP contribution is -2.08. The molecule has 3 rings (SSSR count). The number of aryl methyl sites for hydroxylation is 1. The van der Waals surface area contributed by atoms with E-state index >= 15 is 0 Å². The highest BCUT2D eigenvalue weighted by molar-refractivity contribution is 5.41. The van der Waals surface area contributed by atoms with Crippen LogP contribution >= 0.6 is 0 Å². The maximum Gasteiger partial charge on any atom is 0.137 e. The minimum absolute atomic E-state index is 0.380. The molecule has 0 saturated carbocycles. The molecule has 0 radical (unpaired) electrons. The van der Waals surface area contributed by atoms with Crippen LogP contribution in [0, 0.1) is 6.92 Å². The lowest BCUT2D eigenvalue weighted by atomic mass is 10.1. The minimum Gasteiger partial charge on any atom is -0.378 e. The molecule has 3 nitrogen and oxygen atoms in total. The fourth-order valence-corrected chi connectivity index (χ4v) is 2.34. The van der Waals surface area contributed by atoms with Gasteiger partial charge < -0.3 is 9.14 Å². The average Bonchev–Trinajstić information content (AvgIpc) is 2.88. The second-order valence-corrected chi connectivity index (χ2v) is 4.47. The maximum atomic E-state index is 5.63. The molecule has 84 valence electrons. The summed E-state index contributed by atoms with van der Waals surface area (Å²) in [5.74, 6) is 0. The normalized spacial score (nSPS) is 20.7. The second-order valence-electron chi connectivity index (χ2n) is 4.47. The van der Waals surface area contributed by atoms with Crippen molar-refractivity contribution in [2.75, 3.05) is 6.61 Å². The molecule has 0 spiro atoms. The number of nitrogens with zero attached hydrogens (tertiary/aromatic N) is 2. The minimum atomic E-state index is 0.380. The SMILES string of the molecule is Cc1cccc2nc(CC3CCCO3)cn12. The van der Waals surface area contributed by atoms with Crippen LogP contribution in [0.4, 0.5) is 0 Å². The number of imidazole rings is 1. The van der Waals surface area contributed by atoms with Crippen molar-refractivity contribution in [2.45, 2.75) is 32.3 Å². The molecule has 2 aromatic heterocycles. The number of rotatable bonds is 2. The number of hydrogen-bond acceptors (Lipinski definition) is 2. The Kier molecular flexibility index (Phi) is 2.40. The monoisotopic (exact) mass is 216 g/mol. The number of fused-ring (bicyclic) bond motifs is 1. The predicted octanol–water partition coefficient (Wildman–Crippen LogP) is 2.36. The van der Waals surface area contributed by atoms with Crippen molar-refractivity contribution < 1.29 is 4.74 Å². The molecule has 1 aliphatic rings. The molecule has 1 aliphatic heterocycles. The smallest absolute Gasteiger partial charge is 0.137 e. The third-order valence-corrected chi connectivity index (χ3v) is 3.21. The Morgan fingerprint density at radius 2 is 2.44 bits per heavy atom. The fraction of sp³-hybridized carbons (Fsp3) is 0.462. The standard InChI is InChI=1S/C13H16N2O/c1-10-4-2-6-13-14-11(9-15(10)13)8-12-5-3-7-16-12/h2,4,6,9,12H,3,5,7-8H2,1H3. The molecule has 1 fully saturated rings. The summed E-state index contributed by atoms with van der Waals surface area (Å²) in [4.78, 5) is 4.62. The van der Waals surface area contributed by atoms with Gasteiger partial charge in [0.05, 0.1) is 11.8 Å². The van der Waals surface area contributed by atoms with Gasteiger partial charge in [0.25, 0.3) is 0 Å². The van der Waals surface area contributed by atoms with Crippen LogP contribution in [0.15, 0.2) is 24.4 Å². The van der Waals surface area contributed by atoms with Gasteiger partial charge >= 0.3 is 0 Å². The molecular formula is C13H16N2O. The summed E-state index contributed by atoms with van der Waals surface area (Å²) < 4.78 is 7.78. The lowest BCUT2D eigenvalue weighted by molar-refractivity contribution is 0.111. The Morgan fingerprint density at radius 1 is 1.50 bits per heavy atom. The van der Waals surface area contributed by atoms with Crippen LogP contribution in [0.25, 0.3) is 5.65 Å². The van der Waals surface area contributed by atoms with Gasteiger partial charge in [-0.2, -0.15) is 0 Å². The summed E-state index contributed by atoms with van der Waals surface area (Å²) in [7, 11) is 0. The zero-order valence-corrected chi connectivity index (χ0v) is 9.52. The van der Waals surface area contributed by atoms with Gasteiger partial charge in [0.15, 0.2) is 0 Å². The fourth-order valence-electron chi connectivity index (χ4n) is 2.34. The van der Waals surface area contributed by atoms with E-state index in [0.29, 0.717) is 6.10 Å². The number of pyridine rings is 1. The number of aromatic nitrogens is 2. The Balaban J connectivity index is 1.90. The van der Waals surface area contributed by atoms with E-state index in [0.717, 1.165) is 24.4 Å². The molecule has 1 saturated heterocycles. The van der Waals surface area contributed by atoms with Crippen molar-refractivity contribution in [1.29, 1.82) is 0 Å². The first kappa shape index (κ1) is 9.85. The first-order chi connectivity index (χ1) is 7.83. The van der Waals surface area contributed by atoms with Crippen LogP contribution in [0.3, 0.4) is 0 Å². The Labute approximate surface area is 95.1 Å². The van der Waals surface area contributed by atoms with Crippen LogP contribution in [0.5, 0.6) is 0 Å². The van der Waals surface area contributed by atoms with Gasteiger partial charge in [-0.1, -0.05) is 6.07 Å². The van der Waals surface area contributed by atoms with E-state index in [-0.39, 0.29) is 0 Å². The molecule has 1 atom stereocenters. The van der Waals surface area contributed by atoms with Crippen LogP contribution in [0.2, 0.25) is 0 Å². The Morgan fingerprint density at radius 3 is 3.19 bits per heavy atom. The Bertz CT molecular complexity index is 498. The van der Waals surface area contributed by atoms with E-state index in [1.165, 1.54) is 18.5 Å². The average molecular weight is 216 g/mol. The van der Waals surface area contributed by atoms with Crippen molar-refractivity contribution in [1.82, 2.24) is 9.38 Å². The van der Waals surface area contributed by atoms with E-state index < -0.39 is 0 Å². The Hall–Kier alpha value is -1.35. The molecule has 0 bridgehead atoms. The van der Waals surface area contributed by atoms with E-state index in [2.05, 4.69) is 28.6 Å². The van der Waals surface area contributed by atoms with Gasteiger partial charge in [-0.3, -0.25) is 0 Å². The van der Waals surface area contributed by atoms with Gasteiger partial charge in [0.2, 0.25) is 0 Å². The molecule has 16 heavy (non-hydrogen) atoms. The first-order valence-corrected chi connectivity index (χ1v) is 5.88. The molecule has 2 aromatic rings. The molecule has 3 heteroatoms. The zero-order chi connectivity index (χ0) is 11.0. The third kappa shape index (κ3) is 1.71. The van der Waals surface area contributed by atoms with Crippen LogP contribution in [-0.2, 0) is 11.2 Å². The van der Waals surface area contributed by atoms with Crippen molar-refractivity contribution in [2.24, 2.45) is 0 Å². The quantitative estimate of drug-likeness (QED) is 0.770. The molecule has 3 heterocycles. The van der Waals surface area contributed by atoms with Crippen LogP contribution in [0.1, 0.15) is 24.2 Å². The third-order valence-electron chi connectivity index (χ3n) is 3.21. The van der Waals surface area contributed by atoms with Gasteiger partial charge in [0.1, 0.15) is 5.65 Å². The van der Waals surface area contributed by atoms with Crippen molar-refractivity contribution in [3.63, 3.8) is 0 Å². The summed E-state index contributed by atoms with van der Waals surface area (Å²) in [5, 5.41) is 0. The van der Waals surface area contributed by atoms with Crippen molar-refractivity contribution in [3.8, 4) is 0 Å². The molecule has 0 amide bonds. The summed E-state index contributed by atoms with van der Waals surface area (Å²) >= 11 is 0. The van der Waals surface area contributed by atoms with Gasteiger partial charge in [-0.15, -0.1) is 0 Å². The lowest BCUT2D eigenvalue weighted by Gasteiger charge is -2.05. The molecular weight excluding hydrogens is 200 g/mol. The second kappa shape index (κ2) is 3.91. The number of hydrogen-bond donors (Lipinski definition) is 0. The highest BCUT2D eigenvalue weighted by Gasteiger charge is 2.17. The van der Waals surface area contributed by atoms with Crippen molar-refractivity contribution >= 4 is 5.65 Å². The summed E-state index contributed by atoms with van der Waals surface area (Å²) in [5.41, 5.74) is 3.40. The van der Waals surface area contributed by atoms with Crippen molar-refractivity contribution in [3.05, 3.63) is 35.8 Å². The molecule has 1 unspecified atom stereocenters. The maximum absolute atomic E-state index is 5.63. The highest BCUT2D eigenvalue weighted by atomic mass is 16.5. The molecule has 0 N–H and O–H groups in total. The summed E-state index contributed by atoms with van der Waals surface area (Å²) in [6.07, 6.45) is 5.82. The highest BCUT2D eigenvalue weighted by Crippen LogP contribution is 2.17. The van der Waals surface area contributed by atoms with E-state index in [1.807, 2.05) is 12.1 Å². The van der Waals surface area contributed by atoms with Gasteiger partial charge in [0, 0.05) is 24.9 Å². The molecule has 0 aromatic carbocycles. The zero-order valence-electron chi connectivity index (χ0n) is 9.52. The predicted molar refractivity (Wildman–Crippen MR) is 62.6 cm³/mol. The van der Waals surface area contributed by atoms with Crippen LogP contribution in [-0.4, -0.2) is 22.1 Å². The van der Waals surface area contributed by atoms with E-state index in [4.69, 9.17) is 4.74 Å². The van der Waals surface area contributed by atoms with Crippen LogP contribution < -0.4 is 0 Å². The first-order valence-electron chi connectivity index (χ1n) is 5.88. The van der Waals surface area contributed by atoms with E-state index in [9.17, 15) is 0 Å². The largest absolute Gasteiger partial charge is 0.378 e. The van der Waals surface area contributed by atoms with Gasteiger partial charge in [-0.05, 0) is 31.9 Å².